The van der Waals surface area contributed by atoms with Crippen LogP contribution in [0.1, 0.15) is 12.5 Å². The fourth-order valence-electron chi connectivity index (χ4n) is 2.96. The maximum absolute atomic E-state index is 12.9. The molecule has 0 aliphatic carbocycles. The second-order valence-corrected chi connectivity index (χ2v) is 6.43. The first-order chi connectivity index (χ1) is 13.1. The van der Waals surface area contributed by atoms with E-state index in [4.69, 9.17) is 16.3 Å². The minimum atomic E-state index is -0.263. The molecular formula is C20H17ClN4O2. The van der Waals surface area contributed by atoms with Crippen LogP contribution >= 0.6 is 11.6 Å². The number of aromatic nitrogens is 4. The van der Waals surface area contributed by atoms with Gasteiger partial charge < -0.3 is 9.72 Å². The minimum Gasteiger partial charge on any atom is -0.494 e. The average Bonchev–Trinajstić information content (AvgIpc) is 3.13. The lowest BCUT2D eigenvalue weighted by atomic mass is 10.1. The summed E-state index contributed by atoms with van der Waals surface area (Å²) < 4.78 is 6.94. The van der Waals surface area contributed by atoms with Crippen molar-refractivity contribution < 1.29 is 4.74 Å². The number of nitrogens with one attached hydrogen (secondary N) is 1. The molecule has 4 aromatic rings. The van der Waals surface area contributed by atoms with E-state index in [0.717, 1.165) is 22.6 Å². The van der Waals surface area contributed by atoms with E-state index in [2.05, 4.69) is 15.0 Å². The second-order valence-electron chi connectivity index (χ2n) is 6.07. The number of hydrogen-bond acceptors (Lipinski definition) is 4. The number of pyridine rings is 1. The third kappa shape index (κ3) is 3.08. The molecule has 0 fully saturated rings. The first kappa shape index (κ1) is 17.3. The van der Waals surface area contributed by atoms with E-state index in [1.807, 2.05) is 44.2 Å². The van der Waals surface area contributed by atoms with Crippen LogP contribution in [-0.2, 0) is 0 Å². The number of imidazole rings is 1. The predicted molar refractivity (Wildman–Crippen MR) is 105 cm³/mol. The molecule has 3 aromatic heterocycles. The molecule has 0 aliphatic heterocycles. The largest absolute Gasteiger partial charge is 0.494 e. The second kappa shape index (κ2) is 6.89. The summed E-state index contributed by atoms with van der Waals surface area (Å²) in [7, 11) is 0. The Bertz CT molecular complexity index is 1180. The molecule has 1 aromatic carbocycles. The summed E-state index contributed by atoms with van der Waals surface area (Å²) in [6.45, 7) is 4.44. The molecule has 4 rings (SSSR count). The van der Waals surface area contributed by atoms with Crippen molar-refractivity contribution in [1.29, 1.82) is 0 Å². The number of rotatable bonds is 4. The van der Waals surface area contributed by atoms with Crippen LogP contribution in [0.5, 0.6) is 5.75 Å². The van der Waals surface area contributed by atoms with Crippen molar-refractivity contribution in [1.82, 2.24) is 19.4 Å². The maximum Gasteiger partial charge on any atom is 0.270 e. The van der Waals surface area contributed by atoms with Gasteiger partial charge in [-0.1, -0.05) is 17.7 Å². The number of fused-ring (bicyclic) bond motifs is 1. The molecule has 3 heterocycles. The molecule has 0 bridgehead atoms. The highest BCUT2D eigenvalue weighted by molar-refractivity contribution is 6.32. The van der Waals surface area contributed by atoms with Gasteiger partial charge >= 0.3 is 0 Å². The number of aryl methyl sites for hydroxylation is 1. The fraction of sp³-hybridized carbons (Fsp3) is 0.150. The van der Waals surface area contributed by atoms with Crippen molar-refractivity contribution in [3.05, 3.63) is 69.9 Å². The molecule has 0 atom stereocenters. The highest BCUT2D eigenvalue weighted by Crippen LogP contribution is 2.26. The highest BCUT2D eigenvalue weighted by Gasteiger charge is 2.17. The van der Waals surface area contributed by atoms with Crippen LogP contribution in [-0.4, -0.2) is 26.0 Å². The number of benzene rings is 1. The molecule has 27 heavy (non-hydrogen) atoms. The van der Waals surface area contributed by atoms with Crippen molar-refractivity contribution in [2.45, 2.75) is 13.8 Å². The van der Waals surface area contributed by atoms with E-state index in [1.54, 1.807) is 18.5 Å². The molecule has 0 saturated heterocycles. The molecule has 7 heteroatoms. The summed E-state index contributed by atoms with van der Waals surface area (Å²) in [5.74, 6) is 1.19. The number of H-pyrrole nitrogens is 1. The van der Waals surface area contributed by atoms with Crippen LogP contribution in [0.25, 0.3) is 28.3 Å². The van der Waals surface area contributed by atoms with E-state index < -0.39 is 0 Å². The summed E-state index contributed by atoms with van der Waals surface area (Å²) in [5.41, 5.74) is 3.10. The Hall–Kier alpha value is -3.12. The molecule has 136 valence electrons. The third-order valence-corrected chi connectivity index (χ3v) is 4.57. The number of nitrogens with zero attached hydrogens (tertiary/aromatic N) is 3. The molecule has 6 nitrogen and oxygen atoms in total. The molecule has 0 aliphatic rings. The summed E-state index contributed by atoms with van der Waals surface area (Å²) in [4.78, 5) is 24.8. The van der Waals surface area contributed by atoms with Crippen molar-refractivity contribution in [3.63, 3.8) is 0 Å². The summed E-state index contributed by atoms with van der Waals surface area (Å²) in [6.07, 6.45) is 3.35. The van der Waals surface area contributed by atoms with Gasteiger partial charge in [-0.3, -0.25) is 9.20 Å². The smallest absolute Gasteiger partial charge is 0.270 e. The first-order valence-corrected chi connectivity index (χ1v) is 8.92. The molecule has 0 unspecified atom stereocenters. The quantitative estimate of drug-likeness (QED) is 0.541. The van der Waals surface area contributed by atoms with Crippen molar-refractivity contribution in [2.75, 3.05) is 6.61 Å². The number of halogens is 1. The van der Waals surface area contributed by atoms with Gasteiger partial charge in [-0.15, -0.1) is 0 Å². The van der Waals surface area contributed by atoms with Gasteiger partial charge in [0.05, 0.1) is 18.5 Å². The molecule has 0 amide bonds. The fourth-order valence-corrected chi connectivity index (χ4v) is 3.21. The van der Waals surface area contributed by atoms with E-state index in [1.165, 1.54) is 4.40 Å². The molecular weight excluding hydrogens is 364 g/mol. The van der Waals surface area contributed by atoms with Gasteiger partial charge in [0.2, 0.25) is 0 Å². The predicted octanol–water partition coefficient (Wildman–Crippen LogP) is 4.11. The summed E-state index contributed by atoms with van der Waals surface area (Å²) >= 11 is 6.32. The molecule has 0 radical (unpaired) electrons. The molecule has 0 saturated carbocycles. The highest BCUT2D eigenvalue weighted by atomic mass is 35.5. The van der Waals surface area contributed by atoms with E-state index in [9.17, 15) is 4.79 Å². The normalized spacial score (nSPS) is 11.1. The Morgan fingerprint density at radius 2 is 2.00 bits per heavy atom. The van der Waals surface area contributed by atoms with Crippen molar-refractivity contribution >= 4 is 17.2 Å². The Kier molecular flexibility index (Phi) is 4.41. The Labute approximate surface area is 160 Å². The monoisotopic (exact) mass is 380 g/mol. The van der Waals surface area contributed by atoms with E-state index >= 15 is 0 Å². The summed E-state index contributed by atoms with van der Waals surface area (Å²) in [6, 6.07) is 11.3. The van der Waals surface area contributed by atoms with Gasteiger partial charge in [0, 0.05) is 6.20 Å². The van der Waals surface area contributed by atoms with E-state index in [0.29, 0.717) is 18.1 Å². The van der Waals surface area contributed by atoms with Crippen molar-refractivity contribution in [3.8, 4) is 28.4 Å². The standard InChI is InChI=1S/C20H17ClN4O2/c1-3-27-14-8-6-13(7-9-14)15-11-22-18(23-15)16-17(21)24-19-12(2)5-4-10-25(19)20(16)26/h4-11H,3H2,1-2H3,(H,22,23). The average molecular weight is 381 g/mol. The zero-order valence-electron chi connectivity index (χ0n) is 14.9. The van der Waals surface area contributed by atoms with E-state index in [-0.39, 0.29) is 16.3 Å². The third-order valence-electron chi connectivity index (χ3n) is 4.29. The molecule has 0 spiro atoms. The van der Waals surface area contributed by atoms with Crippen LogP contribution in [0.15, 0.2) is 53.6 Å². The van der Waals surface area contributed by atoms with Crippen LogP contribution in [0.4, 0.5) is 0 Å². The van der Waals surface area contributed by atoms with Gasteiger partial charge in [-0.05, 0) is 55.3 Å². The number of hydrogen-bond donors (Lipinski definition) is 1. The van der Waals surface area contributed by atoms with Crippen LogP contribution < -0.4 is 10.3 Å². The lowest BCUT2D eigenvalue weighted by Gasteiger charge is -2.07. The SMILES string of the molecule is CCOc1ccc(-c2cnc(-c3c(Cl)nc4c(C)cccn4c3=O)[nH]2)cc1. The van der Waals surface area contributed by atoms with Gasteiger partial charge in [-0.25, -0.2) is 9.97 Å². The lowest BCUT2D eigenvalue weighted by Crippen LogP contribution is -2.18. The van der Waals surface area contributed by atoms with Gasteiger partial charge in [0.15, 0.2) is 0 Å². The Balaban J connectivity index is 1.78. The molecule has 1 N–H and O–H groups in total. The maximum atomic E-state index is 12.9. The lowest BCUT2D eigenvalue weighted by molar-refractivity contribution is 0.340. The Morgan fingerprint density at radius 1 is 1.22 bits per heavy atom. The zero-order chi connectivity index (χ0) is 19.0. The van der Waals surface area contributed by atoms with Crippen LogP contribution in [0.3, 0.4) is 0 Å². The first-order valence-electron chi connectivity index (χ1n) is 8.54. The van der Waals surface area contributed by atoms with Crippen LogP contribution in [0.2, 0.25) is 5.15 Å². The number of aromatic amines is 1. The topological polar surface area (TPSA) is 72.3 Å². The summed E-state index contributed by atoms with van der Waals surface area (Å²) in [5, 5.41) is 0.127. The number of ether oxygens (including phenoxy) is 1. The van der Waals surface area contributed by atoms with Gasteiger partial charge in [-0.2, -0.15) is 0 Å². The van der Waals surface area contributed by atoms with Crippen molar-refractivity contribution in [2.24, 2.45) is 0 Å². The van der Waals surface area contributed by atoms with Gasteiger partial charge in [0.1, 0.15) is 27.9 Å². The Morgan fingerprint density at radius 3 is 2.74 bits per heavy atom. The zero-order valence-corrected chi connectivity index (χ0v) is 15.6. The van der Waals surface area contributed by atoms with Crippen LogP contribution in [0, 0.1) is 6.92 Å². The minimum absolute atomic E-state index is 0.127. The van der Waals surface area contributed by atoms with Gasteiger partial charge in [0.25, 0.3) is 5.56 Å².